The Morgan fingerprint density at radius 2 is 2.14 bits per heavy atom. The lowest BCUT2D eigenvalue weighted by molar-refractivity contribution is -0.118. The van der Waals surface area contributed by atoms with Crippen LogP contribution in [0.15, 0.2) is 0 Å². The smallest absolute Gasteiger partial charge is 0.133 e. The summed E-state index contributed by atoms with van der Waals surface area (Å²) < 4.78 is 0. The summed E-state index contributed by atoms with van der Waals surface area (Å²) in [6.45, 7) is 3.79. The first-order valence-corrected chi connectivity index (χ1v) is 2.72. The summed E-state index contributed by atoms with van der Waals surface area (Å²) in [7, 11) is 0. The fourth-order valence-electron chi connectivity index (χ4n) is 0.889. The lowest BCUT2D eigenvalue weighted by Crippen LogP contribution is -1.92. The molecule has 1 fully saturated rings. The molecule has 1 aliphatic carbocycles. The Bertz CT molecular complexity index is 96.4. The van der Waals surface area contributed by atoms with Gasteiger partial charge in [-0.05, 0) is 19.3 Å². The molecule has 1 aliphatic rings. The number of ketones is 1. The first-order chi connectivity index (χ1) is 3.22. The van der Waals surface area contributed by atoms with Crippen molar-refractivity contribution in [1.82, 2.24) is 0 Å². The summed E-state index contributed by atoms with van der Waals surface area (Å²) in [5, 5.41) is 0. The van der Waals surface area contributed by atoms with Gasteiger partial charge in [-0.3, -0.25) is 4.79 Å². The van der Waals surface area contributed by atoms with Gasteiger partial charge in [-0.15, -0.1) is 0 Å². The first kappa shape index (κ1) is 4.82. The number of hydrogen-bond donors (Lipinski definition) is 0. The minimum atomic E-state index is 0.368. The van der Waals surface area contributed by atoms with Crippen LogP contribution in [-0.4, -0.2) is 5.78 Å². The molecule has 0 N–H and O–H groups in total. The molecule has 40 valence electrons. The van der Waals surface area contributed by atoms with Gasteiger partial charge in [0.25, 0.3) is 0 Å². The molecule has 0 aliphatic heterocycles. The number of rotatable bonds is 1. The topological polar surface area (TPSA) is 17.1 Å². The van der Waals surface area contributed by atoms with Gasteiger partial charge >= 0.3 is 0 Å². The maximum Gasteiger partial charge on any atom is 0.133 e. The van der Waals surface area contributed by atoms with Crippen molar-refractivity contribution in [3.8, 4) is 0 Å². The molecule has 0 saturated heterocycles. The van der Waals surface area contributed by atoms with E-state index in [-0.39, 0.29) is 0 Å². The van der Waals surface area contributed by atoms with Crippen LogP contribution in [0.2, 0.25) is 0 Å². The van der Waals surface area contributed by atoms with Crippen molar-refractivity contribution < 1.29 is 4.79 Å². The van der Waals surface area contributed by atoms with E-state index in [0.717, 1.165) is 6.42 Å². The SMILES string of the molecule is CC(=O)C1C[C@@H]1C. The molecule has 0 radical (unpaired) electrons. The van der Waals surface area contributed by atoms with Crippen LogP contribution >= 0.6 is 0 Å². The minimum absolute atomic E-state index is 0.368. The molecule has 1 nitrogen and oxygen atoms in total. The zero-order chi connectivity index (χ0) is 5.44. The van der Waals surface area contributed by atoms with Gasteiger partial charge in [-0.25, -0.2) is 0 Å². The average molecular weight is 98.1 g/mol. The Hall–Kier alpha value is -0.330. The Kier molecular flexibility index (Phi) is 0.911. The maximum atomic E-state index is 10.4. The highest BCUT2D eigenvalue weighted by Crippen LogP contribution is 2.37. The van der Waals surface area contributed by atoms with E-state index in [4.69, 9.17) is 0 Å². The molecule has 1 heteroatoms. The maximum absolute atomic E-state index is 10.4. The van der Waals surface area contributed by atoms with E-state index < -0.39 is 0 Å². The molecular formula is C6H10O. The second-order valence-electron chi connectivity index (χ2n) is 2.43. The van der Waals surface area contributed by atoms with Crippen LogP contribution in [0, 0.1) is 11.8 Å². The Morgan fingerprint density at radius 3 is 2.14 bits per heavy atom. The molecule has 0 aromatic carbocycles. The van der Waals surface area contributed by atoms with Crippen molar-refractivity contribution in [3.05, 3.63) is 0 Å². The van der Waals surface area contributed by atoms with Gasteiger partial charge < -0.3 is 0 Å². The third-order valence-electron chi connectivity index (χ3n) is 1.63. The lowest BCUT2D eigenvalue weighted by atomic mass is 10.2. The molecule has 0 bridgehead atoms. The Morgan fingerprint density at radius 1 is 1.71 bits per heavy atom. The summed E-state index contributed by atoms with van der Waals surface area (Å²) in [5.41, 5.74) is 0. The highest BCUT2D eigenvalue weighted by Gasteiger charge is 2.36. The van der Waals surface area contributed by atoms with E-state index in [1.54, 1.807) is 6.92 Å². The molecule has 0 heterocycles. The summed E-state index contributed by atoms with van der Waals surface area (Å²) in [6.07, 6.45) is 1.13. The van der Waals surface area contributed by atoms with Gasteiger partial charge in [0, 0.05) is 5.92 Å². The largest absolute Gasteiger partial charge is 0.300 e. The van der Waals surface area contributed by atoms with Crippen molar-refractivity contribution in [1.29, 1.82) is 0 Å². The highest BCUT2D eigenvalue weighted by atomic mass is 16.1. The van der Waals surface area contributed by atoms with Crippen molar-refractivity contribution in [2.75, 3.05) is 0 Å². The fourth-order valence-corrected chi connectivity index (χ4v) is 0.889. The average Bonchev–Trinajstić information content (AvgIpc) is 2.17. The predicted molar refractivity (Wildman–Crippen MR) is 28.0 cm³/mol. The minimum Gasteiger partial charge on any atom is -0.300 e. The first-order valence-electron chi connectivity index (χ1n) is 2.72. The van der Waals surface area contributed by atoms with Crippen LogP contribution in [0.1, 0.15) is 20.3 Å². The van der Waals surface area contributed by atoms with Gasteiger partial charge in [0.1, 0.15) is 5.78 Å². The molecule has 1 unspecified atom stereocenters. The molecular weight excluding hydrogens is 88.1 g/mol. The molecule has 1 rings (SSSR count). The van der Waals surface area contributed by atoms with Crippen LogP contribution in [0.5, 0.6) is 0 Å². The standard InChI is InChI=1S/C6H10O/c1-4-3-6(4)5(2)7/h4,6H,3H2,1-2H3/t4-,6?/m0/s1. The quantitative estimate of drug-likeness (QED) is 0.482. The number of Topliss-reactive ketones (excluding diaryl/α,β-unsaturated/α-hetero) is 1. The van der Waals surface area contributed by atoms with Crippen LogP contribution in [0.3, 0.4) is 0 Å². The molecule has 1 saturated carbocycles. The summed E-state index contributed by atoms with van der Waals surface area (Å²) in [5.74, 6) is 1.49. The van der Waals surface area contributed by atoms with E-state index in [0.29, 0.717) is 17.6 Å². The zero-order valence-electron chi connectivity index (χ0n) is 4.77. The van der Waals surface area contributed by atoms with Crippen LogP contribution in [-0.2, 0) is 4.79 Å². The van der Waals surface area contributed by atoms with E-state index >= 15 is 0 Å². The van der Waals surface area contributed by atoms with Crippen molar-refractivity contribution in [2.45, 2.75) is 20.3 Å². The van der Waals surface area contributed by atoms with Gasteiger partial charge in [0.05, 0.1) is 0 Å². The summed E-state index contributed by atoms with van der Waals surface area (Å²) >= 11 is 0. The van der Waals surface area contributed by atoms with Gasteiger partial charge in [0.2, 0.25) is 0 Å². The predicted octanol–water partition coefficient (Wildman–Crippen LogP) is 1.23. The zero-order valence-corrected chi connectivity index (χ0v) is 4.77. The van der Waals surface area contributed by atoms with Crippen molar-refractivity contribution in [3.63, 3.8) is 0 Å². The van der Waals surface area contributed by atoms with E-state index in [1.807, 2.05) is 0 Å². The number of carbonyl (C=O) groups excluding carboxylic acids is 1. The third-order valence-corrected chi connectivity index (χ3v) is 1.63. The molecule has 2 atom stereocenters. The van der Waals surface area contributed by atoms with Crippen LogP contribution < -0.4 is 0 Å². The van der Waals surface area contributed by atoms with Crippen molar-refractivity contribution >= 4 is 5.78 Å². The molecule has 0 aromatic heterocycles. The highest BCUT2D eigenvalue weighted by molar-refractivity contribution is 5.80. The Balaban J connectivity index is 2.33. The number of carbonyl (C=O) groups is 1. The van der Waals surface area contributed by atoms with E-state index in [2.05, 4.69) is 6.92 Å². The van der Waals surface area contributed by atoms with E-state index in [1.165, 1.54) is 0 Å². The lowest BCUT2D eigenvalue weighted by Gasteiger charge is -1.80. The second-order valence-corrected chi connectivity index (χ2v) is 2.43. The fraction of sp³-hybridized carbons (Fsp3) is 0.833. The molecule has 0 amide bonds. The Labute approximate surface area is 43.7 Å². The normalized spacial score (nSPS) is 38.0. The van der Waals surface area contributed by atoms with Crippen LogP contribution in [0.4, 0.5) is 0 Å². The molecule has 0 spiro atoms. The molecule has 0 aromatic rings. The second kappa shape index (κ2) is 1.32. The molecule has 7 heavy (non-hydrogen) atoms. The van der Waals surface area contributed by atoms with Gasteiger partial charge in [-0.2, -0.15) is 0 Å². The van der Waals surface area contributed by atoms with Crippen molar-refractivity contribution in [2.24, 2.45) is 11.8 Å². The van der Waals surface area contributed by atoms with Crippen LogP contribution in [0.25, 0.3) is 0 Å². The van der Waals surface area contributed by atoms with Gasteiger partial charge in [0.15, 0.2) is 0 Å². The van der Waals surface area contributed by atoms with Gasteiger partial charge in [-0.1, -0.05) is 6.92 Å². The number of hydrogen-bond acceptors (Lipinski definition) is 1. The monoisotopic (exact) mass is 98.1 g/mol. The summed E-state index contributed by atoms with van der Waals surface area (Å²) in [4.78, 5) is 10.4. The third kappa shape index (κ3) is 0.817. The summed E-state index contributed by atoms with van der Waals surface area (Å²) in [6, 6.07) is 0. The van der Waals surface area contributed by atoms with E-state index in [9.17, 15) is 4.79 Å².